The highest BCUT2D eigenvalue weighted by molar-refractivity contribution is 5.12. The monoisotopic (exact) mass is 163 g/mol. The van der Waals surface area contributed by atoms with Crippen LogP contribution in [-0.2, 0) is 0 Å². The Morgan fingerprint density at radius 2 is 2.17 bits per heavy atom. The summed E-state index contributed by atoms with van der Waals surface area (Å²) < 4.78 is 0. The lowest BCUT2D eigenvalue weighted by Gasteiger charge is -2.07. The van der Waals surface area contributed by atoms with Gasteiger partial charge in [-0.1, -0.05) is 6.08 Å². The van der Waals surface area contributed by atoms with Crippen LogP contribution in [0.3, 0.4) is 0 Å². The van der Waals surface area contributed by atoms with Gasteiger partial charge in [-0.05, 0) is 30.5 Å². The zero-order valence-electron chi connectivity index (χ0n) is 6.98. The van der Waals surface area contributed by atoms with Crippen LogP contribution in [0, 0.1) is 0 Å². The maximum absolute atomic E-state index is 9.58. The summed E-state index contributed by atoms with van der Waals surface area (Å²) >= 11 is 0. The van der Waals surface area contributed by atoms with Gasteiger partial charge in [-0.2, -0.15) is 0 Å². The number of pyridine rings is 1. The summed E-state index contributed by atoms with van der Waals surface area (Å²) in [7, 11) is 0. The summed E-state index contributed by atoms with van der Waals surface area (Å²) in [6, 6.07) is 3.65. The molecule has 1 aromatic heterocycles. The van der Waals surface area contributed by atoms with Crippen LogP contribution >= 0.6 is 0 Å². The molecule has 0 aromatic carbocycles. The minimum absolute atomic E-state index is 0.383. The van der Waals surface area contributed by atoms with E-state index in [0.717, 1.165) is 18.4 Å². The molecule has 0 spiro atoms. The Bertz CT molecular complexity index is 233. The molecular formula is C10H13NO. The van der Waals surface area contributed by atoms with Crippen LogP contribution in [0.2, 0.25) is 0 Å². The molecule has 0 radical (unpaired) electrons. The zero-order chi connectivity index (χ0) is 8.81. The Hall–Kier alpha value is -1.15. The van der Waals surface area contributed by atoms with E-state index < -0.39 is 0 Å². The topological polar surface area (TPSA) is 33.1 Å². The molecule has 12 heavy (non-hydrogen) atoms. The van der Waals surface area contributed by atoms with Crippen molar-refractivity contribution in [1.29, 1.82) is 0 Å². The molecular weight excluding hydrogens is 150 g/mol. The van der Waals surface area contributed by atoms with Gasteiger partial charge in [0.25, 0.3) is 0 Å². The van der Waals surface area contributed by atoms with Gasteiger partial charge >= 0.3 is 0 Å². The van der Waals surface area contributed by atoms with E-state index in [0.29, 0.717) is 0 Å². The molecule has 2 nitrogen and oxygen atoms in total. The second-order valence-corrected chi connectivity index (χ2v) is 2.66. The third-order valence-corrected chi connectivity index (χ3v) is 1.74. The number of rotatable bonds is 4. The van der Waals surface area contributed by atoms with E-state index in [1.165, 1.54) is 0 Å². The van der Waals surface area contributed by atoms with Crippen molar-refractivity contribution in [3.63, 3.8) is 0 Å². The maximum Gasteiger partial charge on any atom is 0.0794 e. The average Bonchev–Trinajstić information content (AvgIpc) is 2.15. The molecule has 0 unspecified atom stereocenters. The number of allylic oxidation sites excluding steroid dienone is 1. The second-order valence-electron chi connectivity index (χ2n) is 2.66. The first kappa shape index (κ1) is 8.94. The van der Waals surface area contributed by atoms with Crippen LogP contribution in [0.5, 0.6) is 0 Å². The summed E-state index contributed by atoms with van der Waals surface area (Å²) in [5.41, 5.74) is 0.923. The molecule has 0 aliphatic rings. The Morgan fingerprint density at radius 1 is 1.50 bits per heavy atom. The number of hydrogen-bond donors (Lipinski definition) is 1. The quantitative estimate of drug-likeness (QED) is 0.689. The largest absolute Gasteiger partial charge is 0.388 e. The van der Waals surface area contributed by atoms with Crippen molar-refractivity contribution in [3.8, 4) is 0 Å². The van der Waals surface area contributed by atoms with Crippen molar-refractivity contribution < 1.29 is 5.11 Å². The van der Waals surface area contributed by atoms with Crippen LogP contribution in [0.15, 0.2) is 37.2 Å². The molecule has 1 heterocycles. The third-order valence-electron chi connectivity index (χ3n) is 1.74. The fourth-order valence-corrected chi connectivity index (χ4v) is 1.03. The van der Waals surface area contributed by atoms with Crippen molar-refractivity contribution in [2.24, 2.45) is 0 Å². The number of aliphatic hydroxyl groups excluding tert-OH is 1. The maximum atomic E-state index is 9.58. The van der Waals surface area contributed by atoms with E-state index in [1.807, 2.05) is 18.2 Å². The molecule has 1 atom stereocenters. The molecule has 0 bridgehead atoms. The summed E-state index contributed by atoms with van der Waals surface area (Å²) in [5, 5.41) is 9.58. The molecule has 1 aromatic rings. The van der Waals surface area contributed by atoms with E-state index in [-0.39, 0.29) is 6.10 Å². The number of aliphatic hydroxyl groups is 1. The van der Waals surface area contributed by atoms with Gasteiger partial charge in [-0.25, -0.2) is 0 Å². The van der Waals surface area contributed by atoms with Gasteiger partial charge in [0.15, 0.2) is 0 Å². The fraction of sp³-hybridized carbons (Fsp3) is 0.300. The van der Waals surface area contributed by atoms with E-state index in [1.54, 1.807) is 12.4 Å². The lowest BCUT2D eigenvalue weighted by molar-refractivity contribution is 0.168. The third kappa shape index (κ3) is 2.47. The van der Waals surface area contributed by atoms with Gasteiger partial charge < -0.3 is 5.11 Å². The fourth-order valence-electron chi connectivity index (χ4n) is 1.03. The SMILES string of the molecule is C=CCC[C@H](O)c1ccncc1. The smallest absolute Gasteiger partial charge is 0.0794 e. The molecule has 64 valence electrons. The van der Waals surface area contributed by atoms with Crippen LogP contribution in [0.1, 0.15) is 24.5 Å². The molecule has 1 N–H and O–H groups in total. The van der Waals surface area contributed by atoms with Crippen molar-refractivity contribution in [1.82, 2.24) is 4.98 Å². The number of hydrogen-bond acceptors (Lipinski definition) is 2. The lowest BCUT2D eigenvalue weighted by atomic mass is 10.1. The van der Waals surface area contributed by atoms with Crippen LogP contribution in [0.25, 0.3) is 0 Å². The van der Waals surface area contributed by atoms with Crippen LogP contribution in [0.4, 0.5) is 0 Å². The van der Waals surface area contributed by atoms with Gasteiger partial charge in [0.05, 0.1) is 6.10 Å². The second kappa shape index (κ2) is 4.67. The van der Waals surface area contributed by atoms with Gasteiger partial charge in [0.2, 0.25) is 0 Å². The van der Waals surface area contributed by atoms with Crippen LogP contribution < -0.4 is 0 Å². The number of aromatic nitrogens is 1. The summed E-state index contributed by atoms with van der Waals surface area (Å²) in [6.07, 6.45) is 6.37. The molecule has 0 saturated heterocycles. The predicted octanol–water partition coefficient (Wildman–Crippen LogP) is 2.08. The first-order chi connectivity index (χ1) is 5.84. The first-order valence-corrected chi connectivity index (χ1v) is 4.03. The van der Waals surface area contributed by atoms with E-state index in [2.05, 4.69) is 11.6 Å². The molecule has 0 saturated carbocycles. The molecule has 0 aliphatic carbocycles. The van der Waals surface area contributed by atoms with E-state index in [4.69, 9.17) is 0 Å². The Morgan fingerprint density at radius 3 is 2.75 bits per heavy atom. The van der Waals surface area contributed by atoms with Crippen molar-refractivity contribution >= 4 is 0 Å². The highest BCUT2D eigenvalue weighted by Gasteiger charge is 2.04. The van der Waals surface area contributed by atoms with E-state index >= 15 is 0 Å². The predicted molar refractivity (Wildman–Crippen MR) is 48.6 cm³/mol. The zero-order valence-corrected chi connectivity index (χ0v) is 6.98. The van der Waals surface area contributed by atoms with Gasteiger partial charge in [-0.15, -0.1) is 6.58 Å². The highest BCUT2D eigenvalue weighted by atomic mass is 16.3. The van der Waals surface area contributed by atoms with Gasteiger partial charge in [0, 0.05) is 12.4 Å². The molecule has 0 aliphatic heterocycles. The van der Waals surface area contributed by atoms with Crippen LogP contribution in [-0.4, -0.2) is 10.1 Å². The molecule has 0 amide bonds. The van der Waals surface area contributed by atoms with E-state index in [9.17, 15) is 5.11 Å². The molecule has 1 rings (SSSR count). The Labute approximate surface area is 72.6 Å². The Balaban J connectivity index is 2.53. The Kier molecular flexibility index (Phi) is 3.48. The normalized spacial score (nSPS) is 12.4. The van der Waals surface area contributed by atoms with Gasteiger partial charge in [-0.3, -0.25) is 4.98 Å². The minimum Gasteiger partial charge on any atom is -0.388 e. The number of nitrogens with zero attached hydrogens (tertiary/aromatic N) is 1. The van der Waals surface area contributed by atoms with Crippen molar-refractivity contribution in [3.05, 3.63) is 42.7 Å². The minimum atomic E-state index is -0.383. The van der Waals surface area contributed by atoms with Gasteiger partial charge in [0.1, 0.15) is 0 Å². The highest BCUT2D eigenvalue weighted by Crippen LogP contribution is 2.16. The molecule has 0 fully saturated rings. The summed E-state index contributed by atoms with van der Waals surface area (Å²) in [5.74, 6) is 0. The first-order valence-electron chi connectivity index (χ1n) is 4.03. The standard InChI is InChI=1S/C10H13NO/c1-2-3-4-10(12)9-5-7-11-8-6-9/h2,5-8,10,12H,1,3-4H2/t10-/m0/s1. The van der Waals surface area contributed by atoms with Crippen molar-refractivity contribution in [2.75, 3.05) is 0 Å². The molecule has 2 heteroatoms. The van der Waals surface area contributed by atoms with Crippen molar-refractivity contribution in [2.45, 2.75) is 18.9 Å². The average molecular weight is 163 g/mol. The summed E-state index contributed by atoms with van der Waals surface area (Å²) in [6.45, 7) is 3.60. The lowest BCUT2D eigenvalue weighted by Crippen LogP contribution is -1.96. The summed E-state index contributed by atoms with van der Waals surface area (Å²) in [4.78, 5) is 3.88.